The van der Waals surface area contributed by atoms with Crippen LogP contribution in [0.15, 0.2) is 150 Å². The van der Waals surface area contributed by atoms with Gasteiger partial charge in [0, 0.05) is 66.8 Å². The third-order valence-electron chi connectivity index (χ3n) is 10.4. The number of hydrogen-bond acceptors (Lipinski definition) is 5. The van der Waals surface area contributed by atoms with Crippen molar-refractivity contribution in [2.75, 3.05) is 11.9 Å². The van der Waals surface area contributed by atoms with E-state index in [1.165, 1.54) is 0 Å². The average Bonchev–Trinajstić information content (AvgIpc) is 3.88. The van der Waals surface area contributed by atoms with Crippen molar-refractivity contribution in [2.24, 2.45) is 0 Å². The molecule has 9 aromatic rings. The van der Waals surface area contributed by atoms with Gasteiger partial charge in [-0.25, -0.2) is 4.98 Å². The fraction of sp³-hybridized carbons (Fsp3) is 0.102. The van der Waals surface area contributed by atoms with Gasteiger partial charge in [0.2, 0.25) is 0 Å². The molecule has 6 aromatic carbocycles. The summed E-state index contributed by atoms with van der Waals surface area (Å²) in [6, 6.07) is 53.2. The van der Waals surface area contributed by atoms with Crippen LogP contribution < -0.4 is 9.64 Å². The van der Waals surface area contributed by atoms with Crippen molar-refractivity contribution < 1.29 is 30.2 Å². The average molecular weight is 909 g/mol. The number of fused-ring (bicyclic) bond motifs is 6. The van der Waals surface area contributed by atoms with E-state index in [9.17, 15) is 0 Å². The van der Waals surface area contributed by atoms with Crippen molar-refractivity contribution in [3.63, 3.8) is 0 Å². The molecule has 0 amide bonds. The smallest absolute Gasteiger partial charge is 0.140 e. The number of furan rings is 1. The fourth-order valence-corrected chi connectivity index (χ4v) is 7.56. The summed E-state index contributed by atoms with van der Waals surface area (Å²) in [5.41, 5.74) is 9.96. The molecule has 7 heteroatoms. The number of aromatic nitrogens is 2. The van der Waals surface area contributed by atoms with Gasteiger partial charge >= 0.3 is 0 Å². The van der Waals surface area contributed by atoms with E-state index in [4.69, 9.17) is 14.1 Å². The first-order chi connectivity index (χ1) is 26.8. The van der Waals surface area contributed by atoms with Gasteiger partial charge in [0.05, 0.1) is 0 Å². The summed E-state index contributed by atoms with van der Waals surface area (Å²) in [6.07, 6.45) is 4.05. The van der Waals surface area contributed by atoms with Crippen molar-refractivity contribution in [3.05, 3.63) is 176 Å². The predicted molar refractivity (Wildman–Crippen MR) is 223 cm³/mol. The van der Waals surface area contributed by atoms with Gasteiger partial charge in [-0.15, -0.1) is 47.0 Å². The molecule has 0 spiro atoms. The Balaban J connectivity index is 0.00000410. The van der Waals surface area contributed by atoms with Gasteiger partial charge in [0.25, 0.3) is 0 Å². The molecule has 6 nitrogen and oxygen atoms in total. The molecule has 0 radical (unpaired) electrons. The van der Waals surface area contributed by atoms with Crippen molar-refractivity contribution in [3.8, 4) is 28.4 Å². The SMILES string of the molecule is CN1[CH-]N(c2[c-]c(Oc3[c-]c4c(cc3)c3cc(-c5ccccc5)ccc3n4-c3cc4oc5ccccc5c4cn3)cc(C(C)(C)C)c2)C=C1c1ccccc1.[Pt]. The Morgan fingerprint density at radius 1 is 0.661 bits per heavy atom. The van der Waals surface area contributed by atoms with Gasteiger partial charge in [-0.2, -0.15) is 12.7 Å². The molecule has 0 unspecified atom stereocenters. The van der Waals surface area contributed by atoms with Crippen LogP contribution in [0.25, 0.3) is 66.4 Å². The molecule has 1 aliphatic rings. The summed E-state index contributed by atoms with van der Waals surface area (Å²) >= 11 is 0. The number of benzene rings is 6. The van der Waals surface area contributed by atoms with Crippen LogP contribution >= 0.6 is 0 Å². The normalized spacial score (nSPS) is 13.2. The number of ether oxygens (including phenoxy) is 1. The molecule has 278 valence electrons. The number of nitrogens with zero attached hydrogens (tertiary/aromatic N) is 4. The molecule has 56 heavy (non-hydrogen) atoms. The number of para-hydroxylation sites is 1. The number of anilines is 1. The van der Waals surface area contributed by atoms with E-state index in [-0.39, 0.29) is 26.5 Å². The van der Waals surface area contributed by atoms with Gasteiger partial charge < -0.3 is 23.5 Å². The first-order valence-electron chi connectivity index (χ1n) is 18.5. The Hall–Kier alpha value is -6.10. The van der Waals surface area contributed by atoms with Crippen LogP contribution in [0.4, 0.5) is 5.69 Å². The minimum absolute atomic E-state index is 0. The first-order valence-corrected chi connectivity index (χ1v) is 18.5. The van der Waals surface area contributed by atoms with Crippen LogP contribution in [0.1, 0.15) is 31.9 Å². The third-order valence-corrected chi connectivity index (χ3v) is 10.4. The summed E-state index contributed by atoms with van der Waals surface area (Å²) < 4.78 is 15.2. The Morgan fingerprint density at radius 3 is 2.20 bits per heavy atom. The molecule has 1 aliphatic heterocycles. The van der Waals surface area contributed by atoms with Crippen molar-refractivity contribution in [1.29, 1.82) is 0 Å². The van der Waals surface area contributed by atoms with E-state index in [1.54, 1.807) is 0 Å². The second-order valence-corrected chi connectivity index (χ2v) is 15.1. The zero-order chi connectivity index (χ0) is 37.3. The van der Waals surface area contributed by atoms with E-state index in [1.807, 2.05) is 48.7 Å². The Labute approximate surface area is 340 Å². The van der Waals surface area contributed by atoms with Gasteiger partial charge in [-0.3, -0.25) is 0 Å². The minimum atomic E-state index is -0.128. The Morgan fingerprint density at radius 2 is 1.41 bits per heavy atom. The Bertz CT molecular complexity index is 2940. The minimum Gasteiger partial charge on any atom is -0.509 e. The molecule has 0 saturated carbocycles. The summed E-state index contributed by atoms with van der Waals surface area (Å²) in [5.74, 6) is 1.94. The predicted octanol–water partition coefficient (Wildman–Crippen LogP) is 12.3. The summed E-state index contributed by atoms with van der Waals surface area (Å²) in [7, 11) is 2.07. The van der Waals surface area contributed by atoms with Gasteiger partial charge in [0.1, 0.15) is 17.0 Å². The van der Waals surface area contributed by atoms with Crippen LogP contribution in [0.3, 0.4) is 0 Å². The monoisotopic (exact) mass is 908 g/mol. The van der Waals surface area contributed by atoms with Crippen molar-refractivity contribution in [2.45, 2.75) is 26.2 Å². The summed E-state index contributed by atoms with van der Waals surface area (Å²) in [4.78, 5) is 9.26. The van der Waals surface area contributed by atoms with Crippen LogP contribution in [0.5, 0.6) is 11.5 Å². The second-order valence-electron chi connectivity index (χ2n) is 15.1. The number of pyridine rings is 1. The number of hydrogen-bond donors (Lipinski definition) is 0. The molecule has 0 fully saturated rings. The molecule has 4 heterocycles. The van der Waals surface area contributed by atoms with Crippen molar-refractivity contribution in [1.82, 2.24) is 14.5 Å². The molecule has 10 rings (SSSR count). The topological polar surface area (TPSA) is 46.7 Å². The van der Waals surface area contributed by atoms with E-state index < -0.39 is 0 Å². The van der Waals surface area contributed by atoms with Crippen LogP contribution in [0, 0.1) is 18.8 Å². The van der Waals surface area contributed by atoms with Gasteiger partial charge in [0.15, 0.2) is 0 Å². The van der Waals surface area contributed by atoms with E-state index in [0.29, 0.717) is 11.5 Å². The molecule has 0 saturated heterocycles. The van der Waals surface area contributed by atoms with Crippen LogP contribution in [-0.2, 0) is 26.5 Å². The molecular formula is C49H37N4O2Pt-3. The third kappa shape index (κ3) is 6.24. The number of rotatable bonds is 6. The molecule has 0 bridgehead atoms. The molecule has 0 aliphatic carbocycles. The van der Waals surface area contributed by atoms with Crippen molar-refractivity contribution >= 4 is 55.1 Å². The van der Waals surface area contributed by atoms with Crippen LogP contribution in [0.2, 0.25) is 0 Å². The maximum absolute atomic E-state index is 6.71. The van der Waals surface area contributed by atoms with E-state index in [0.717, 1.165) is 83.2 Å². The maximum Gasteiger partial charge on any atom is 0.140 e. The zero-order valence-electron chi connectivity index (χ0n) is 31.4. The van der Waals surface area contributed by atoms with Gasteiger partial charge in [-0.05, 0) is 52.9 Å². The van der Waals surface area contributed by atoms with Crippen LogP contribution in [-0.4, -0.2) is 21.5 Å². The van der Waals surface area contributed by atoms with Gasteiger partial charge in [-0.1, -0.05) is 117 Å². The summed E-state index contributed by atoms with van der Waals surface area (Å²) in [5, 5.41) is 4.18. The fourth-order valence-electron chi connectivity index (χ4n) is 7.56. The standard InChI is InChI=1S/C49H37N4O2.Pt/c1-49(2,3)35-24-36(52-30-45(51(4)31-52)33-15-9-6-10-16-33)26-38(25-35)54-37-20-21-39-41-23-34(32-13-7-5-8-14-32)19-22-43(41)53(44(39)27-37)48-28-47-42(29-50-48)40-17-11-12-18-46(40)55-47;/h5-25,28-31H,1-4H3;/q-3;. The summed E-state index contributed by atoms with van der Waals surface area (Å²) in [6.45, 7) is 8.73. The zero-order valence-corrected chi connectivity index (χ0v) is 33.6. The van der Waals surface area contributed by atoms with E-state index in [2.05, 4.69) is 158 Å². The largest absolute Gasteiger partial charge is 0.509 e. The Kier molecular flexibility index (Phi) is 8.82. The first kappa shape index (κ1) is 35.6. The molecule has 0 atom stereocenters. The molecule has 0 N–H and O–H groups in total. The molecular weight excluding hydrogens is 872 g/mol. The quantitative estimate of drug-likeness (QED) is 0.156. The maximum atomic E-state index is 6.71. The molecule has 3 aromatic heterocycles. The second kappa shape index (κ2) is 13.9. The van der Waals surface area contributed by atoms with E-state index >= 15 is 0 Å².